The van der Waals surface area contributed by atoms with E-state index in [4.69, 9.17) is 5.11 Å². The Morgan fingerprint density at radius 1 is 1.21 bits per heavy atom. The lowest BCUT2D eigenvalue weighted by Gasteiger charge is -2.08. The maximum atomic E-state index is 11.9. The number of aromatic carboxylic acids is 1. The number of anilines is 1. The van der Waals surface area contributed by atoms with E-state index in [0.717, 1.165) is 0 Å². The van der Waals surface area contributed by atoms with Crippen molar-refractivity contribution in [3.63, 3.8) is 0 Å². The van der Waals surface area contributed by atoms with E-state index in [1.54, 1.807) is 6.07 Å². The summed E-state index contributed by atoms with van der Waals surface area (Å²) >= 11 is 3.18. The van der Waals surface area contributed by atoms with Crippen molar-refractivity contribution in [1.82, 2.24) is 9.97 Å². The van der Waals surface area contributed by atoms with Crippen molar-refractivity contribution in [2.75, 3.05) is 5.32 Å². The molecule has 0 unspecified atom stereocenters. The molecule has 0 saturated heterocycles. The van der Waals surface area contributed by atoms with Gasteiger partial charge in [-0.25, -0.2) is 14.8 Å². The molecular weight excluding hydrogens is 314 g/mol. The van der Waals surface area contributed by atoms with Crippen LogP contribution in [0.25, 0.3) is 0 Å². The standard InChI is InChI=1S/C12H8BrN3O3/c13-8-1-2-10(9(3-8)12(18)19)16-11(17)7-4-14-6-15-5-7/h1-6H,(H,16,17)(H,18,19). The van der Waals surface area contributed by atoms with Gasteiger partial charge < -0.3 is 10.4 Å². The van der Waals surface area contributed by atoms with Gasteiger partial charge in [-0.1, -0.05) is 15.9 Å². The summed E-state index contributed by atoms with van der Waals surface area (Å²) in [7, 11) is 0. The van der Waals surface area contributed by atoms with E-state index in [2.05, 4.69) is 31.2 Å². The van der Waals surface area contributed by atoms with E-state index in [-0.39, 0.29) is 16.8 Å². The summed E-state index contributed by atoms with van der Waals surface area (Å²) in [6.45, 7) is 0. The molecule has 0 aliphatic heterocycles. The van der Waals surface area contributed by atoms with Gasteiger partial charge in [0.25, 0.3) is 5.91 Å². The summed E-state index contributed by atoms with van der Waals surface area (Å²) in [5.41, 5.74) is 0.464. The second-order valence-electron chi connectivity index (χ2n) is 3.58. The van der Waals surface area contributed by atoms with Crippen LogP contribution in [0.3, 0.4) is 0 Å². The lowest BCUT2D eigenvalue weighted by atomic mass is 10.1. The fourth-order valence-corrected chi connectivity index (χ4v) is 1.77. The summed E-state index contributed by atoms with van der Waals surface area (Å²) in [6, 6.07) is 4.57. The van der Waals surface area contributed by atoms with E-state index >= 15 is 0 Å². The predicted octanol–water partition coefficient (Wildman–Crippen LogP) is 2.19. The van der Waals surface area contributed by atoms with Crippen molar-refractivity contribution < 1.29 is 14.7 Å². The number of hydrogen-bond acceptors (Lipinski definition) is 4. The van der Waals surface area contributed by atoms with E-state index in [1.807, 2.05) is 0 Å². The molecule has 1 aromatic carbocycles. The molecule has 0 fully saturated rings. The molecule has 96 valence electrons. The van der Waals surface area contributed by atoms with Crippen molar-refractivity contribution in [3.8, 4) is 0 Å². The molecule has 1 amide bonds. The van der Waals surface area contributed by atoms with Crippen molar-refractivity contribution in [3.05, 3.63) is 52.5 Å². The third kappa shape index (κ3) is 3.14. The highest BCUT2D eigenvalue weighted by molar-refractivity contribution is 9.10. The number of carbonyl (C=O) groups is 2. The molecule has 6 nitrogen and oxygen atoms in total. The maximum absolute atomic E-state index is 11.9. The van der Waals surface area contributed by atoms with Crippen LogP contribution in [0.4, 0.5) is 5.69 Å². The van der Waals surface area contributed by atoms with Gasteiger partial charge in [-0.15, -0.1) is 0 Å². The highest BCUT2D eigenvalue weighted by atomic mass is 79.9. The number of carboxylic acids is 1. The van der Waals surface area contributed by atoms with Crippen LogP contribution < -0.4 is 5.32 Å². The first-order valence-electron chi connectivity index (χ1n) is 5.17. The van der Waals surface area contributed by atoms with Gasteiger partial charge >= 0.3 is 5.97 Å². The fourth-order valence-electron chi connectivity index (χ4n) is 1.41. The minimum absolute atomic E-state index is 0.000394. The SMILES string of the molecule is O=C(Nc1ccc(Br)cc1C(=O)O)c1cncnc1. The molecule has 1 heterocycles. The van der Waals surface area contributed by atoms with Gasteiger partial charge in [0.05, 0.1) is 16.8 Å². The van der Waals surface area contributed by atoms with Crippen LogP contribution in [-0.2, 0) is 0 Å². The first-order chi connectivity index (χ1) is 9.08. The number of amides is 1. The largest absolute Gasteiger partial charge is 0.478 e. The molecule has 7 heteroatoms. The first-order valence-corrected chi connectivity index (χ1v) is 5.96. The van der Waals surface area contributed by atoms with Crippen molar-refractivity contribution in [2.45, 2.75) is 0 Å². The number of rotatable bonds is 3. The Balaban J connectivity index is 2.29. The van der Waals surface area contributed by atoms with Crippen LogP contribution in [0.2, 0.25) is 0 Å². The highest BCUT2D eigenvalue weighted by Gasteiger charge is 2.14. The van der Waals surface area contributed by atoms with Gasteiger partial charge in [0.1, 0.15) is 6.33 Å². The molecule has 0 radical (unpaired) electrons. The Labute approximate surface area is 116 Å². The van der Waals surface area contributed by atoms with Crippen LogP contribution in [-0.4, -0.2) is 27.0 Å². The molecule has 0 spiro atoms. The molecule has 0 atom stereocenters. The quantitative estimate of drug-likeness (QED) is 0.904. The number of carboxylic acid groups (broad SMARTS) is 1. The Bertz CT molecular complexity index is 631. The summed E-state index contributed by atoms with van der Waals surface area (Å²) in [5, 5.41) is 11.6. The van der Waals surface area contributed by atoms with Crippen LogP contribution >= 0.6 is 15.9 Å². The molecule has 2 aromatic rings. The van der Waals surface area contributed by atoms with Crippen molar-refractivity contribution >= 4 is 33.5 Å². The van der Waals surface area contributed by atoms with Gasteiger partial charge in [-0.3, -0.25) is 4.79 Å². The van der Waals surface area contributed by atoms with Crippen LogP contribution in [0.15, 0.2) is 41.4 Å². The number of hydrogen-bond donors (Lipinski definition) is 2. The second-order valence-corrected chi connectivity index (χ2v) is 4.49. The molecule has 0 aliphatic rings. The number of nitrogens with one attached hydrogen (secondary N) is 1. The lowest BCUT2D eigenvalue weighted by Crippen LogP contribution is -2.15. The van der Waals surface area contributed by atoms with Crippen LogP contribution in [0.5, 0.6) is 0 Å². The molecule has 0 saturated carbocycles. The number of carbonyl (C=O) groups excluding carboxylic acids is 1. The monoisotopic (exact) mass is 321 g/mol. The normalized spacial score (nSPS) is 9.95. The molecule has 19 heavy (non-hydrogen) atoms. The summed E-state index contributed by atoms with van der Waals surface area (Å²) in [6.07, 6.45) is 4.00. The van der Waals surface area contributed by atoms with Gasteiger partial charge in [0.15, 0.2) is 0 Å². The van der Waals surface area contributed by atoms with Crippen LogP contribution in [0.1, 0.15) is 20.7 Å². The summed E-state index contributed by atoms with van der Waals surface area (Å²) < 4.78 is 0.617. The van der Waals surface area contributed by atoms with Gasteiger partial charge in [-0.05, 0) is 18.2 Å². The zero-order valence-corrected chi connectivity index (χ0v) is 11.1. The van der Waals surface area contributed by atoms with Crippen molar-refractivity contribution in [2.24, 2.45) is 0 Å². The van der Waals surface area contributed by atoms with Gasteiger partial charge in [-0.2, -0.15) is 0 Å². The molecule has 2 rings (SSSR count). The van der Waals surface area contributed by atoms with E-state index in [9.17, 15) is 9.59 Å². The topological polar surface area (TPSA) is 92.2 Å². The molecule has 2 N–H and O–H groups in total. The minimum atomic E-state index is -1.12. The molecule has 1 aromatic heterocycles. The average Bonchev–Trinajstić information content (AvgIpc) is 2.41. The van der Waals surface area contributed by atoms with Gasteiger partial charge in [0, 0.05) is 16.9 Å². The zero-order valence-electron chi connectivity index (χ0n) is 9.50. The Morgan fingerprint density at radius 3 is 2.53 bits per heavy atom. The summed E-state index contributed by atoms with van der Waals surface area (Å²) in [5.74, 6) is -1.59. The van der Waals surface area contributed by atoms with E-state index in [0.29, 0.717) is 4.47 Å². The number of halogens is 1. The third-order valence-electron chi connectivity index (χ3n) is 2.28. The molecular formula is C12H8BrN3O3. The van der Waals surface area contributed by atoms with Crippen LogP contribution in [0, 0.1) is 0 Å². The maximum Gasteiger partial charge on any atom is 0.337 e. The predicted molar refractivity (Wildman–Crippen MR) is 71.1 cm³/mol. The summed E-state index contributed by atoms with van der Waals surface area (Å²) in [4.78, 5) is 30.4. The zero-order chi connectivity index (χ0) is 13.8. The molecule has 0 bridgehead atoms. The molecule has 0 aliphatic carbocycles. The number of aromatic nitrogens is 2. The smallest absolute Gasteiger partial charge is 0.337 e. The van der Waals surface area contributed by atoms with Gasteiger partial charge in [0.2, 0.25) is 0 Å². The Kier molecular flexibility index (Phi) is 3.86. The second kappa shape index (κ2) is 5.57. The Hall–Kier alpha value is -2.28. The highest BCUT2D eigenvalue weighted by Crippen LogP contribution is 2.21. The Morgan fingerprint density at radius 2 is 1.89 bits per heavy atom. The number of benzene rings is 1. The lowest BCUT2D eigenvalue weighted by molar-refractivity contribution is 0.0698. The minimum Gasteiger partial charge on any atom is -0.478 e. The first kappa shape index (κ1) is 13.2. The third-order valence-corrected chi connectivity index (χ3v) is 2.78. The van der Waals surface area contributed by atoms with E-state index in [1.165, 1.54) is 30.9 Å². The number of nitrogens with zero attached hydrogens (tertiary/aromatic N) is 2. The average molecular weight is 322 g/mol. The fraction of sp³-hybridized carbons (Fsp3) is 0. The van der Waals surface area contributed by atoms with Crippen molar-refractivity contribution in [1.29, 1.82) is 0 Å². The van der Waals surface area contributed by atoms with E-state index < -0.39 is 11.9 Å².